The van der Waals surface area contributed by atoms with E-state index in [9.17, 15) is 9.90 Å². The van der Waals surface area contributed by atoms with E-state index in [1.54, 1.807) is 13.2 Å². The minimum Gasteiger partial charge on any atom is -0.493 e. The number of hydrogen-bond acceptors (Lipinski definition) is 3. The van der Waals surface area contributed by atoms with Gasteiger partial charge < -0.3 is 14.6 Å². The van der Waals surface area contributed by atoms with Gasteiger partial charge in [-0.1, -0.05) is 42.0 Å². The summed E-state index contributed by atoms with van der Waals surface area (Å²) in [5, 5.41) is 9.41. The summed E-state index contributed by atoms with van der Waals surface area (Å²) in [5.74, 6) is -0.148. The first kappa shape index (κ1) is 15.9. The number of aryl methyl sites for hydroxylation is 1. The highest BCUT2D eigenvalue weighted by Gasteiger charge is 2.20. The molecule has 0 spiro atoms. The number of rotatable bonds is 7. The predicted molar refractivity (Wildman–Crippen MR) is 84.7 cm³/mol. The quantitative estimate of drug-likeness (QED) is 0.848. The van der Waals surface area contributed by atoms with Crippen molar-refractivity contribution >= 4 is 5.97 Å². The van der Waals surface area contributed by atoms with E-state index in [0.717, 1.165) is 11.1 Å². The molecule has 0 saturated carbocycles. The number of benzene rings is 2. The lowest BCUT2D eigenvalue weighted by molar-refractivity contribution is -0.139. The normalized spacial score (nSPS) is 11.7. The first-order chi connectivity index (χ1) is 10.6. The average Bonchev–Trinajstić information content (AvgIpc) is 2.53. The summed E-state index contributed by atoms with van der Waals surface area (Å²) in [6, 6.07) is 14.9. The van der Waals surface area contributed by atoms with Gasteiger partial charge in [0.15, 0.2) is 11.5 Å². The Morgan fingerprint density at radius 1 is 1.09 bits per heavy atom. The summed E-state index contributed by atoms with van der Waals surface area (Å²) in [6.07, 6.45) is 0.399. The van der Waals surface area contributed by atoms with Gasteiger partial charge >= 0.3 is 5.97 Å². The molecule has 0 aromatic heterocycles. The van der Waals surface area contributed by atoms with Crippen LogP contribution < -0.4 is 9.47 Å². The zero-order chi connectivity index (χ0) is 15.9. The molecule has 4 heteroatoms. The van der Waals surface area contributed by atoms with Crippen LogP contribution in [0.15, 0.2) is 48.5 Å². The van der Waals surface area contributed by atoms with E-state index in [2.05, 4.69) is 0 Å². The van der Waals surface area contributed by atoms with Gasteiger partial charge in [-0.3, -0.25) is 4.79 Å². The Balaban J connectivity index is 2.01. The van der Waals surface area contributed by atoms with Gasteiger partial charge in [-0.2, -0.15) is 0 Å². The van der Waals surface area contributed by atoms with Crippen LogP contribution in [0.2, 0.25) is 0 Å². The Morgan fingerprint density at radius 2 is 1.73 bits per heavy atom. The molecule has 0 bridgehead atoms. The molecular weight excluding hydrogens is 280 g/mol. The molecule has 2 rings (SSSR count). The summed E-state index contributed by atoms with van der Waals surface area (Å²) < 4.78 is 10.9. The van der Waals surface area contributed by atoms with Crippen LogP contribution in [0.3, 0.4) is 0 Å². The largest absolute Gasteiger partial charge is 0.493 e. The van der Waals surface area contributed by atoms with Crippen molar-refractivity contribution in [1.82, 2.24) is 0 Å². The summed E-state index contributed by atoms with van der Waals surface area (Å²) in [7, 11) is 1.58. The van der Waals surface area contributed by atoms with Gasteiger partial charge in [-0.05, 0) is 31.0 Å². The van der Waals surface area contributed by atoms with Gasteiger partial charge in [0.2, 0.25) is 0 Å². The highest BCUT2D eigenvalue weighted by atomic mass is 16.5. The molecule has 1 atom stereocenters. The maximum atomic E-state index is 11.5. The van der Waals surface area contributed by atoms with Crippen molar-refractivity contribution in [1.29, 1.82) is 0 Å². The molecule has 1 unspecified atom stereocenters. The van der Waals surface area contributed by atoms with Gasteiger partial charge in [-0.25, -0.2) is 0 Å². The van der Waals surface area contributed by atoms with E-state index in [1.807, 2.05) is 49.4 Å². The standard InChI is InChI=1S/C18H20O4/c1-13-7-9-14(10-8-13)15(18(19)20)11-12-22-17-6-4-3-5-16(17)21-2/h3-10,15H,11-12H2,1-2H3,(H,19,20). The number of carboxylic acid groups (broad SMARTS) is 1. The summed E-state index contributed by atoms with van der Waals surface area (Å²) in [4.78, 5) is 11.5. The predicted octanol–water partition coefficient (Wildman–Crippen LogP) is 3.64. The molecule has 0 saturated heterocycles. The Morgan fingerprint density at radius 3 is 2.32 bits per heavy atom. The SMILES string of the molecule is COc1ccccc1OCCC(C(=O)O)c1ccc(C)cc1. The molecule has 0 aliphatic carbocycles. The van der Waals surface area contributed by atoms with Crippen LogP contribution in [-0.4, -0.2) is 24.8 Å². The number of ether oxygens (including phenoxy) is 2. The fourth-order valence-electron chi connectivity index (χ4n) is 2.26. The van der Waals surface area contributed by atoms with Crippen LogP contribution in [0, 0.1) is 6.92 Å². The number of aliphatic carboxylic acids is 1. The Bertz CT molecular complexity index is 619. The molecule has 2 aromatic carbocycles. The van der Waals surface area contributed by atoms with Crippen LogP contribution >= 0.6 is 0 Å². The monoisotopic (exact) mass is 300 g/mol. The second-order valence-corrected chi connectivity index (χ2v) is 5.09. The lowest BCUT2D eigenvalue weighted by Gasteiger charge is -2.15. The van der Waals surface area contributed by atoms with Crippen LogP contribution in [0.4, 0.5) is 0 Å². The van der Waals surface area contributed by atoms with Crippen LogP contribution in [0.1, 0.15) is 23.5 Å². The molecule has 0 heterocycles. The number of para-hydroxylation sites is 2. The zero-order valence-electron chi connectivity index (χ0n) is 12.8. The van der Waals surface area contributed by atoms with Gasteiger partial charge in [0.25, 0.3) is 0 Å². The van der Waals surface area contributed by atoms with Crippen molar-refractivity contribution in [2.75, 3.05) is 13.7 Å². The van der Waals surface area contributed by atoms with E-state index < -0.39 is 11.9 Å². The molecule has 1 N–H and O–H groups in total. The van der Waals surface area contributed by atoms with Crippen molar-refractivity contribution in [3.05, 3.63) is 59.7 Å². The number of carboxylic acids is 1. The number of carbonyl (C=O) groups is 1. The summed E-state index contributed by atoms with van der Waals surface area (Å²) in [6.45, 7) is 2.29. The van der Waals surface area contributed by atoms with Crippen LogP contribution in [-0.2, 0) is 4.79 Å². The second-order valence-electron chi connectivity index (χ2n) is 5.09. The number of hydrogen-bond donors (Lipinski definition) is 1. The molecule has 0 aliphatic rings. The van der Waals surface area contributed by atoms with Crippen LogP contribution in [0.25, 0.3) is 0 Å². The molecule has 2 aromatic rings. The maximum absolute atomic E-state index is 11.5. The van der Waals surface area contributed by atoms with E-state index in [1.165, 1.54) is 0 Å². The minimum atomic E-state index is -0.840. The zero-order valence-corrected chi connectivity index (χ0v) is 12.8. The molecule has 4 nitrogen and oxygen atoms in total. The third-order valence-electron chi connectivity index (χ3n) is 3.51. The lowest BCUT2D eigenvalue weighted by atomic mass is 9.95. The maximum Gasteiger partial charge on any atom is 0.311 e. The Hall–Kier alpha value is -2.49. The second kappa shape index (κ2) is 7.50. The molecule has 0 amide bonds. The lowest BCUT2D eigenvalue weighted by Crippen LogP contribution is -2.15. The van der Waals surface area contributed by atoms with Gasteiger partial charge in [0, 0.05) is 0 Å². The Labute approximate surface area is 130 Å². The van der Waals surface area contributed by atoms with E-state index in [0.29, 0.717) is 24.5 Å². The first-order valence-electron chi connectivity index (χ1n) is 7.17. The number of methoxy groups -OCH3 is 1. The van der Waals surface area contributed by atoms with E-state index in [4.69, 9.17) is 9.47 Å². The summed E-state index contributed by atoms with van der Waals surface area (Å²) >= 11 is 0. The first-order valence-corrected chi connectivity index (χ1v) is 7.17. The van der Waals surface area contributed by atoms with Gasteiger partial charge in [0.05, 0.1) is 19.6 Å². The van der Waals surface area contributed by atoms with E-state index in [-0.39, 0.29) is 0 Å². The highest BCUT2D eigenvalue weighted by Crippen LogP contribution is 2.27. The van der Waals surface area contributed by atoms with Crippen molar-refractivity contribution in [2.24, 2.45) is 0 Å². The Kier molecular flexibility index (Phi) is 5.42. The third-order valence-corrected chi connectivity index (χ3v) is 3.51. The van der Waals surface area contributed by atoms with Crippen molar-refractivity contribution in [2.45, 2.75) is 19.3 Å². The molecule has 0 aliphatic heterocycles. The molecule has 0 radical (unpaired) electrons. The third kappa shape index (κ3) is 4.01. The smallest absolute Gasteiger partial charge is 0.311 e. The fraction of sp³-hybridized carbons (Fsp3) is 0.278. The topological polar surface area (TPSA) is 55.8 Å². The molecule has 116 valence electrons. The molecule has 22 heavy (non-hydrogen) atoms. The molecular formula is C18H20O4. The van der Waals surface area contributed by atoms with Gasteiger partial charge in [-0.15, -0.1) is 0 Å². The average molecular weight is 300 g/mol. The van der Waals surface area contributed by atoms with Gasteiger partial charge in [0.1, 0.15) is 0 Å². The highest BCUT2D eigenvalue weighted by molar-refractivity contribution is 5.76. The minimum absolute atomic E-state index is 0.311. The van der Waals surface area contributed by atoms with Crippen molar-refractivity contribution in [3.8, 4) is 11.5 Å². The molecule has 0 fully saturated rings. The summed E-state index contributed by atoms with van der Waals surface area (Å²) in [5.41, 5.74) is 1.90. The van der Waals surface area contributed by atoms with Crippen molar-refractivity contribution < 1.29 is 19.4 Å². The van der Waals surface area contributed by atoms with Crippen LogP contribution in [0.5, 0.6) is 11.5 Å². The fourth-order valence-corrected chi connectivity index (χ4v) is 2.26. The van der Waals surface area contributed by atoms with E-state index >= 15 is 0 Å². The van der Waals surface area contributed by atoms with Crippen molar-refractivity contribution in [3.63, 3.8) is 0 Å².